The fraction of sp³-hybridized carbons (Fsp3) is 0.304. The number of rotatable bonds is 5. The van der Waals surface area contributed by atoms with Gasteiger partial charge in [-0.25, -0.2) is 0 Å². The van der Waals surface area contributed by atoms with Crippen molar-refractivity contribution in [1.82, 2.24) is 4.90 Å². The summed E-state index contributed by atoms with van der Waals surface area (Å²) in [6.07, 6.45) is 2.07. The van der Waals surface area contributed by atoms with E-state index in [1.165, 1.54) is 6.08 Å². The zero-order valence-corrected chi connectivity index (χ0v) is 16.2. The van der Waals surface area contributed by atoms with Crippen LogP contribution in [0.5, 0.6) is 11.5 Å². The number of methoxy groups -OCH3 is 1. The fourth-order valence-electron chi connectivity index (χ4n) is 3.57. The number of benzene rings is 2. The molecule has 1 saturated heterocycles. The number of para-hydroxylation sites is 1. The maximum atomic E-state index is 11.8. The second-order valence-electron chi connectivity index (χ2n) is 6.97. The highest BCUT2D eigenvalue weighted by molar-refractivity contribution is 5.87. The molecule has 0 N–H and O–H groups in total. The van der Waals surface area contributed by atoms with Crippen molar-refractivity contribution in [3.63, 3.8) is 0 Å². The van der Waals surface area contributed by atoms with Crippen LogP contribution < -0.4 is 9.47 Å². The molecule has 1 amide bonds. The normalized spacial score (nSPS) is 18.8. The molecule has 2 aromatic carbocycles. The van der Waals surface area contributed by atoms with Gasteiger partial charge in [0.25, 0.3) is 0 Å². The van der Waals surface area contributed by atoms with E-state index in [0.29, 0.717) is 24.4 Å². The number of likely N-dealkylation sites (tertiary alicyclic amines) is 1. The Balaban J connectivity index is 1.84. The molecule has 28 heavy (non-hydrogen) atoms. The first-order chi connectivity index (χ1) is 13.5. The maximum Gasteiger partial charge on any atom is 0.245 e. The van der Waals surface area contributed by atoms with E-state index in [2.05, 4.69) is 19.6 Å². The average molecular weight is 376 g/mol. The predicted molar refractivity (Wildman–Crippen MR) is 108 cm³/mol. The fourth-order valence-corrected chi connectivity index (χ4v) is 3.57. The SMILES string of the molecule is C=CC(=O)N1CC[C@@H](Oc2cc(C#N)cc(-c3ccccc3OC)c2)[C@H](C)C1. The number of amides is 1. The minimum Gasteiger partial charge on any atom is -0.496 e. The van der Waals surface area contributed by atoms with Gasteiger partial charge in [-0.05, 0) is 35.9 Å². The topological polar surface area (TPSA) is 62.6 Å². The molecular weight excluding hydrogens is 352 g/mol. The summed E-state index contributed by atoms with van der Waals surface area (Å²) in [6.45, 7) is 6.90. The molecule has 1 aliphatic rings. The summed E-state index contributed by atoms with van der Waals surface area (Å²) in [4.78, 5) is 13.6. The zero-order valence-electron chi connectivity index (χ0n) is 16.2. The number of carbonyl (C=O) groups excluding carboxylic acids is 1. The van der Waals surface area contributed by atoms with Crippen LogP contribution in [0.4, 0.5) is 0 Å². The Morgan fingerprint density at radius 3 is 2.79 bits per heavy atom. The number of nitrogens with zero attached hydrogens (tertiary/aromatic N) is 2. The van der Waals surface area contributed by atoms with Crippen LogP contribution in [0, 0.1) is 17.2 Å². The Morgan fingerprint density at radius 1 is 1.32 bits per heavy atom. The number of ether oxygens (including phenoxy) is 2. The molecule has 2 atom stereocenters. The van der Waals surface area contributed by atoms with Crippen molar-refractivity contribution in [1.29, 1.82) is 5.26 Å². The summed E-state index contributed by atoms with van der Waals surface area (Å²) in [5, 5.41) is 9.45. The predicted octanol–water partition coefficient (Wildman–Crippen LogP) is 4.04. The number of hydrogen-bond acceptors (Lipinski definition) is 4. The van der Waals surface area contributed by atoms with Crippen LogP contribution in [0.25, 0.3) is 11.1 Å². The summed E-state index contributed by atoms with van der Waals surface area (Å²) in [6, 6.07) is 15.4. The van der Waals surface area contributed by atoms with Crippen LogP contribution in [-0.4, -0.2) is 37.1 Å². The molecule has 1 fully saturated rings. The molecule has 0 spiro atoms. The molecular formula is C23H24N2O3. The zero-order chi connectivity index (χ0) is 20.1. The molecule has 144 valence electrons. The summed E-state index contributed by atoms with van der Waals surface area (Å²) >= 11 is 0. The van der Waals surface area contributed by atoms with E-state index in [-0.39, 0.29) is 17.9 Å². The minimum absolute atomic E-state index is 0.0201. The lowest BCUT2D eigenvalue weighted by Crippen LogP contribution is -2.46. The molecule has 2 aromatic rings. The number of carbonyl (C=O) groups is 1. The first-order valence-electron chi connectivity index (χ1n) is 9.32. The van der Waals surface area contributed by atoms with Crippen molar-refractivity contribution in [3.8, 4) is 28.7 Å². The van der Waals surface area contributed by atoms with Gasteiger partial charge in [-0.1, -0.05) is 31.7 Å². The van der Waals surface area contributed by atoms with Crippen molar-refractivity contribution in [2.45, 2.75) is 19.4 Å². The summed E-state index contributed by atoms with van der Waals surface area (Å²) in [7, 11) is 1.63. The molecule has 5 nitrogen and oxygen atoms in total. The van der Waals surface area contributed by atoms with E-state index in [1.54, 1.807) is 18.1 Å². The minimum atomic E-state index is -0.0461. The molecule has 0 unspecified atom stereocenters. The number of hydrogen-bond donors (Lipinski definition) is 0. The van der Waals surface area contributed by atoms with Crippen molar-refractivity contribution in [2.75, 3.05) is 20.2 Å². The van der Waals surface area contributed by atoms with E-state index < -0.39 is 0 Å². The maximum absolute atomic E-state index is 11.8. The number of nitriles is 1. The Morgan fingerprint density at radius 2 is 2.11 bits per heavy atom. The molecule has 0 radical (unpaired) electrons. The van der Waals surface area contributed by atoms with Gasteiger partial charge in [-0.3, -0.25) is 4.79 Å². The van der Waals surface area contributed by atoms with E-state index >= 15 is 0 Å². The molecule has 5 heteroatoms. The molecule has 0 aliphatic carbocycles. The van der Waals surface area contributed by atoms with Crippen LogP contribution in [0.2, 0.25) is 0 Å². The van der Waals surface area contributed by atoms with Crippen LogP contribution in [0.15, 0.2) is 55.1 Å². The van der Waals surface area contributed by atoms with E-state index in [0.717, 1.165) is 23.3 Å². The highest BCUT2D eigenvalue weighted by atomic mass is 16.5. The van der Waals surface area contributed by atoms with Crippen molar-refractivity contribution in [2.24, 2.45) is 5.92 Å². The second-order valence-corrected chi connectivity index (χ2v) is 6.97. The largest absolute Gasteiger partial charge is 0.496 e. The average Bonchev–Trinajstić information content (AvgIpc) is 2.74. The molecule has 0 saturated carbocycles. The van der Waals surface area contributed by atoms with E-state index in [4.69, 9.17) is 9.47 Å². The van der Waals surface area contributed by atoms with Gasteiger partial charge in [0.1, 0.15) is 17.6 Å². The van der Waals surface area contributed by atoms with Crippen molar-refractivity contribution in [3.05, 3.63) is 60.7 Å². The van der Waals surface area contributed by atoms with Gasteiger partial charge in [0.15, 0.2) is 0 Å². The lowest BCUT2D eigenvalue weighted by atomic mass is 9.96. The summed E-state index contributed by atoms with van der Waals surface area (Å²) < 4.78 is 11.7. The first-order valence-corrected chi connectivity index (χ1v) is 9.32. The Kier molecular flexibility index (Phi) is 6.00. The highest BCUT2D eigenvalue weighted by Gasteiger charge is 2.29. The third kappa shape index (κ3) is 4.17. The van der Waals surface area contributed by atoms with Crippen LogP contribution in [0.3, 0.4) is 0 Å². The molecule has 3 rings (SSSR count). The van der Waals surface area contributed by atoms with Gasteiger partial charge in [-0.15, -0.1) is 0 Å². The second kappa shape index (κ2) is 8.62. The molecule has 1 aliphatic heterocycles. The summed E-state index contributed by atoms with van der Waals surface area (Å²) in [5.74, 6) is 1.53. The number of piperidine rings is 1. The Hall–Kier alpha value is -3.26. The smallest absolute Gasteiger partial charge is 0.245 e. The van der Waals surface area contributed by atoms with Gasteiger partial charge < -0.3 is 14.4 Å². The third-order valence-electron chi connectivity index (χ3n) is 5.05. The third-order valence-corrected chi connectivity index (χ3v) is 5.05. The van der Waals surface area contributed by atoms with Crippen LogP contribution >= 0.6 is 0 Å². The quantitative estimate of drug-likeness (QED) is 0.739. The van der Waals surface area contributed by atoms with E-state index in [9.17, 15) is 10.1 Å². The monoisotopic (exact) mass is 376 g/mol. The van der Waals surface area contributed by atoms with Crippen LogP contribution in [-0.2, 0) is 4.79 Å². The van der Waals surface area contributed by atoms with Gasteiger partial charge in [-0.2, -0.15) is 5.26 Å². The standard InChI is InChI=1S/C23H24N2O3/c1-4-23(26)25-10-9-21(16(2)15-25)28-19-12-17(14-24)11-18(13-19)20-7-5-6-8-22(20)27-3/h4-8,11-13,16,21H,1,9-10,15H2,2-3H3/t16-,21-/m1/s1. The van der Waals surface area contributed by atoms with Gasteiger partial charge >= 0.3 is 0 Å². The van der Waals surface area contributed by atoms with Gasteiger partial charge in [0.05, 0.1) is 18.7 Å². The van der Waals surface area contributed by atoms with Gasteiger partial charge in [0, 0.05) is 31.0 Å². The lowest BCUT2D eigenvalue weighted by molar-refractivity contribution is -0.129. The lowest BCUT2D eigenvalue weighted by Gasteiger charge is -2.36. The Labute approximate surface area is 165 Å². The first kappa shape index (κ1) is 19.5. The molecule has 1 heterocycles. The molecule has 0 aromatic heterocycles. The van der Waals surface area contributed by atoms with Crippen molar-refractivity contribution < 1.29 is 14.3 Å². The van der Waals surface area contributed by atoms with Gasteiger partial charge in [0.2, 0.25) is 5.91 Å². The Bertz CT molecular complexity index is 916. The van der Waals surface area contributed by atoms with Crippen LogP contribution in [0.1, 0.15) is 18.9 Å². The summed E-state index contributed by atoms with van der Waals surface area (Å²) in [5.41, 5.74) is 2.31. The molecule has 0 bridgehead atoms. The van der Waals surface area contributed by atoms with E-state index in [1.807, 2.05) is 36.4 Å². The van der Waals surface area contributed by atoms with Crippen molar-refractivity contribution >= 4 is 5.91 Å². The highest BCUT2D eigenvalue weighted by Crippen LogP contribution is 2.34.